The lowest BCUT2D eigenvalue weighted by molar-refractivity contribution is -0.393. The maximum Gasteiger partial charge on any atom is 0.345 e. The number of aromatic nitrogens is 2. The van der Waals surface area contributed by atoms with Crippen molar-refractivity contribution in [1.29, 1.82) is 0 Å². The second-order valence-corrected chi connectivity index (χ2v) is 4.36. The summed E-state index contributed by atoms with van der Waals surface area (Å²) in [6, 6.07) is 1.49. The highest BCUT2D eigenvalue weighted by molar-refractivity contribution is 5.22. The summed E-state index contributed by atoms with van der Waals surface area (Å²) < 4.78 is 6.56. The summed E-state index contributed by atoms with van der Waals surface area (Å²) in [7, 11) is 0. The van der Waals surface area contributed by atoms with Crippen LogP contribution in [0.5, 0.6) is 0 Å². The van der Waals surface area contributed by atoms with Crippen molar-refractivity contribution in [3.05, 3.63) is 21.9 Å². The van der Waals surface area contributed by atoms with Crippen molar-refractivity contribution in [2.75, 3.05) is 13.2 Å². The largest absolute Gasteiger partial charge is 0.380 e. The fraction of sp³-hybridized carbons (Fsp3) is 0.667. The van der Waals surface area contributed by atoms with E-state index in [0.29, 0.717) is 25.5 Å². The molecule has 0 bridgehead atoms. The molecule has 0 N–H and O–H groups in total. The molecule has 0 aliphatic carbocycles. The van der Waals surface area contributed by atoms with E-state index in [-0.39, 0.29) is 11.2 Å². The van der Waals surface area contributed by atoms with Crippen LogP contribution in [-0.2, 0) is 11.3 Å². The lowest BCUT2D eigenvalue weighted by atomic mass is 9.89. The van der Waals surface area contributed by atoms with Crippen LogP contribution in [0.4, 0.5) is 5.82 Å². The monoisotopic (exact) mass is 211 g/mol. The zero-order valence-electron chi connectivity index (χ0n) is 8.77. The Morgan fingerprint density at radius 2 is 2.40 bits per heavy atom. The summed E-state index contributed by atoms with van der Waals surface area (Å²) in [5.74, 6) is 0.0561. The van der Waals surface area contributed by atoms with Crippen LogP contribution in [0.25, 0.3) is 0 Å². The number of aryl methyl sites for hydroxylation is 1. The standard InChI is InChI=1S/C9H13N3O3/c1-7-3-8(12(13)14)11(10-7)4-9(2)5-15-6-9/h3H,4-6H2,1-2H3. The summed E-state index contributed by atoms with van der Waals surface area (Å²) in [6.45, 7) is 5.61. The molecule has 0 saturated carbocycles. The second kappa shape index (κ2) is 3.30. The average Bonchev–Trinajstić information content (AvgIpc) is 2.44. The van der Waals surface area contributed by atoms with Gasteiger partial charge in [-0.3, -0.25) is 0 Å². The van der Waals surface area contributed by atoms with Gasteiger partial charge in [-0.15, -0.1) is 4.68 Å². The quantitative estimate of drug-likeness (QED) is 0.555. The molecule has 0 aromatic carbocycles. The maximum atomic E-state index is 10.7. The molecule has 2 heterocycles. The van der Waals surface area contributed by atoms with Crippen molar-refractivity contribution < 1.29 is 9.66 Å². The summed E-state index contributed by atoms with van der Waals surface area (Å²) in [5, 5.41) is 14.9. The van der Waals surface area contributed by atoms with Gasteiger partial charge in [0.2, 0.25) is 0 Å². The minimum Gasteiger partial charge on any atom is -0.380 e. The minimum atomic E-state index is -0.400. The smallest absolute Gasteiger partial charge is 0.345 e. The third-order valence-corrected chi connectivity index (χ3v) is 2.50. The van der Waals surface area contributed by atoms with Crippen LogP contribution < -0.4 is 0 Å². The van der Waals surface area contributed by atoms with E-state index in [4.69, 9.17) is 4.74 Å². The van der Waals surface area contributed by atoms with Gasteiger partial charge < -0.3 is 14.9 Å². The minimum absolute atomic E-state index is 0.0107. The lowest BCUT2D eigenvalue weighted by Crippen LogP contribution is -2.43. The van der Waals surface area contributed by atoms with Crippen LogP contribution in [0.2, 0.25) is 0 Å². The lowest BCUT2D eigenvalue weighted by Gasteiger charge is -2.35. The predicted octanol–water partition coefficient (Wildman–Crippen LogP) is 1.14. The third-order valence-electron chi connectivity index (χ3n) is 2.50. The molecule has 0 spiro atoms. The van der Waals surface area contributed by atoms with Gasteiger partial charge in [-0.25, -0.2) is 0 Å². The normalized spacial score (nSPS) is 18.5. The first-order valence-electron chi connectivity index (χ1n) is 4.77. The van der Waals surface area contributed by atoms with Crippen LogP contribution in [0, 0.1) is 22.5 Å². The van der Waals surface area contributed by atoms with E-state index in [9.17, 15) is 10.1 Å². The molecule has 2 rings (SSSR count). The van der Waals surface area contributed by atoms with Crippen molar-refractivity contribution in [3.8, 4) is 0 Å². The molecule has 0 radical (unpaired) electrons. The van der Waals surface area contributed by atoms with Gasteiger partial charge in [0.15, 0.2) is 0 Å². The van der Waals surface area contributed by atoms with Gasteiger partial charge in [0.05, 0.1) is 30.4 Å². The maximum absolute atomic E-state index is 10.7. The summed E-state index contributed by atoms with van der Waals surface area (Å²) in [6.07, 6.45) is 0. The molecule has 82 valence electrons. The Kier molecular flexibility index (Phi) is 2.22. The van der Waals surface area contributed by atoms with Crippen LogP contribution in [0.1, 0.15) is 12.6 Å². The van der Waals surface area contributed by atoms with Crippen LogP contribution in [0.3, 0.4) is 0 Å². The highest BCUT2D eigenvalue weighted by Gasteiger charge is 2.37. The van der Waals surface area contributed by atoms with E-state index < -0.39 is 4.92 Å². The first-order valence-corrected chi connectivity index (χ1v) is 4.77. The topological polar surface area (TPSA) is 70.2 Å². The molecule has 0 unspecified atom stereocenters. The Labute approximate surface area is 87.0 Å². The van der Waals surface area contributed by atoms with Crippen molar-refractivity contribution >= 4 is 5.82 Å². The van der Waals surface area contributed by atoms with Gasteiger partial charge in [-0.05, 0) is 11.8 Å². The summed E-state index contributed by atoms with van der Waals surface area (Å²) in [4.78, 5) is 10.3. The van der Waals surface area contributed by atoms with E-state index in [0.717, 1.165) is 0 Å². The van der Waals surface area contributed by atoms with Gasteiger partial charge >= 0.3 is 5.82 Å². The van der Waals surface area contributed by atoms with Crippen LogP contribution >= 0.6 is 0 Å². The molecule has 0 amide bonds. The second-order valence-electron chi connectivity index (χ2n) is 4.36. The van der Waals surface area contributed by atoms with Crippen LogP contribution in [0.15, 0.2) is 6.07 Å². The van der Waals surface area contributed by atoms with Gasteiger partial charge in [-0.2, -0.15) is 0 Å². The van der Waals surface area contributed by atoms with E-state index in [1.165, 1.54) is 10.7 Å². The van der Waals surface area contributed by atoms with E-state index in [2.05, 4.69) is 5.10 Å². The van der Waals surface area contributed by atoms with Gasteiger partial charge in [-0.1, -0.05) is 12.0 Å². The summed E-state index contributed by atoms with van der Waals surface area (Å²) in [5.41, 5.74) is 0.661. The fourth-order valence-electron chi connectivity index (χ4n) is 1.70. The molecule has 0 atom stereocenters. The number of ether oxygens (including phenoxy) is 1. The Balaban J connectivity index is 2.23. The SMILES string of the molecule is Cc1cc([N+](=O)[O-])n(CC2(C)COC2)n1. The number of hydrogen-bond acceptors (Lipinski definition) is 4. The number of hydrogen-bond donors (Lipinski definition) is 0. The number of rotatable bonds is 3. The predicted molar refractivity (Wildman–Crippen MR) is 52.5 cm³/mol. The molecule has 6 nitrogen and oxygen atoms in total. The highest BCUT2D eigenvalue weighted by Crippen LogP contribution is 2.30. The Morgan fingerprint density at radius 1 is 1.73 bits per heavy atom. The van der Waals surface area contributed by atoms with Crippen molar-refractivity contribution in [3.63, 3.8) is 0 Å². The first kappa shape index (κ1) is 10.1. The van der Waals surface area contributed by atoms with E-state index in [1.54, 1.807) is 6.92 Å². The zero-order chi connectivity index (χ0) is 11.1. The zero-order valence-corrected chi connectivity index (χ0v) is 8.77. The summed E-state index contributed by atoms with van der Waals surface area (Å²) >= 11 is 0. The molecule has 6 heteroatoms. The molecule has 15 heavy (non-hydrogen) atoms. The molecular formula is C9H13N3O3. The molecule has 1 aromatic heterocycles. The molecular weight excluding hydrogens is 198 g/mol. The van der Waals surface area contributed by atoms with Crippen molar-refractivity contribution in [1.82, 2.24) is 9.78 Å². The third kappa shape index (κ3) is 1.85. The first-order chi connectivity index (χ1) is 7.00. The van der Waals surface area contributed by atoms with Crippen molar-refractivity contribution in [2.24, 2.45) is 5.41 Å². The molecule has 1 aromatic rings. The van der Waals surface area contributed by atoms with E-state index in [1.807, 2.05) is 6.92 Å². The van der Waals surface area contributed by atoms with Gasteiger partial charge in [0, 0.05) is 0 Å². The molecule has 1 aliphatic rings. The fourth-order valence-corrected chi connectivity index (χ4v) is 1.70. The molecule has 1 fully saturated rings. The van der Waals surface area contributed by atoms with Gasteiger partial charge in [0.1, 0.15) is 6.54 Å². The Hall–Kier alpha value is -1.43. The van der Waals surface area contributed by atoms with Crippen LogP contribution in [-0.4, -0.2) is 27.9 Å². The van der Waals surface area contributed by atoms with Gasteiger partial charge in [0.25, 0.3) is 0 Å². The van der Waals surface area contributed by atoms with E-state index >= 15 is 0 Å². The highest BCUT2D eigenvalue weighted by atomic mass is 16.6. The van der Waals surface area contributed by atoms with Crippen molar-refractivity contribution in [2.45, 2.75) is 20.4 Å². The molecule has 1 aliphatic heterocycles. The average molecular weight is 211 g/mol. The number of nitrogens with zero attached hydrogens (tertiary/aromatic N) is 3. The Morgan fingerprint density at radius 3 is 2.87 bits per heavy atom. The molecule has 1 saturated heterocycles. The Bertz CT molecular complexity index is 395. The number of nitro groups is 1.